The highest BCUT2D eigenvalue weighted by Crippen LogP contribution is 2.49. The van der Waals surface area contributed by atoms with Crippen LogP contribution in [0.3, 0.4) is 0 Å². The molecule has 1 aliphatic carbocycles. The maximum atomic E-state index is 8.82. The quantitative estimate of drug-likeness (QED) is 0.748. The summed E-state index contributed by atoms with van der Waals surface area (Å²) in [7, 11) is 0.278. The number of allylic oxidation sites excluding steroid dienone is 1. The van der Waals surface area contributed by atoms with Gasteiger partial charge in [0.2, 0.25) is 0 Å². The Labute approximate surface area is 95.5 Å². The van der Waals surface area contributed by atoms with Crippen LogP contribution in [0.4, 0.5) is 0 Å². The molecule has 0 radical (unpaired) electrons. The molecule has 3 nitrogen and oxygen atoms in total. The highest BCUT2D eigenvalue weighted by molar-refractivity contribution is 6.47. The lowest BCUT2D eigenvalue weighted by atomic mass is 9.86. The second kappa shape index (κ2) is 4.32. The summed E-state index contributed by atoms with van der Waals surface area (Å²) in [6.07, 6.45) is 4.00. The van der Waals surface area contributed by atoms with Crippen LogP contribution in [-0.2, 0) is 5.41 Å². The molecule has 4 heteroatoms. The fourth-order valence-corrected chi connectivity index (χ4v) is 1.88. The van der Waals surface area contributed by atoms with E-state index in [0.717, 1.165) is 18.6 Å². The summed E-state index contributed by atoms with van der Waals surface area (Å²) < 4.78 is 5.10. The summed E-state index contributed by atoms with van der Waals surface area (Å²) >= 11 is 0. The molecule has 0 bridgehead atoms. The smallest absolute Gasteiger partial charge is 0.480 e. The van der Waals surface area contributed by atoms with Crippen molar-refractivity contribution in [1.29, 1.82) is 0 Å². The lowest BCUT2D eigenvalue weighted by molar-refractivity contribution is 0.414. The van der Waals surface area contributed by atoms with Gasteiger partial charge in [0.1, 0.15) is 5.75 Å². The van der Waals surface area contributed by atoms with E-state index in [1.165, 1.54) is 11.5 Å². The number of ether oxygens (including phenoxy) is 1. The van der Waals surface area contributed by atoms with E-state index in [1.54, 1.807) is 7.11 Å². The van der Waals surface area contributed by atoms with Gasteiger partial charge >= 0.3 is 7.12 Å². The Balaban J connectivity index is 2.17. The Morgan fingerprint density at radius 3 is 2.31 bits per heavy atom. The first-order chi connectivity index (χ1) is 7.66. The number of hydrogen-bond acceptors (Lipinski definition) is 3. The van der Waals surface area contributed by atoms with Crippen molar-refractivity contribution in [3.05, 3.63) is 41.9 Å². The fourth-order valence-electron chi connectivity index (χ4n) is 1.88. The van der Waals surface area contributed by atoms with Crippen molar-refractivity contribution in [2.45, 2.75) is 18.3 Å². The van der Waals surface area contributed by atoms with Gasteiger partial charge < -0.3 is 14.8 Å². The number of benzene rings is 1. The van der Waals surface area contributed by atoms with Crippen molar-refractivity contribution in [2.24, 2.45) is 0 Å². The molecule has 0 amide bonds. The largest absolute Gasteiger partial charge is 0.497 e. The van der Waals surface area contributed by atoms with Crippen LogP contribution in [0.1, 0.15) is 18.4 Å². The van der Waals surface area contributed by atoms with Gasteiger partial charge in [-0.3, -0.25) is 0 Å². The van der Waals surface area contributed by atoms with E-state index in [0.29, 0.717) is 0 Å². The average molecular weight is 218 g/mol. The molecule has 1 aromatic rings. The molecule has 0 aromatic heterocycles. The summed E-state index contributed by atoms with van der Waals surface area (Å²) in [5.74, 6) is 2.27. The minimum Gasteiger partial charge on any atom is -0.497 e. The van der Waals surface area contributed by atoms with Crippen molar-refractivity contribution >= 4 is 7.12 Å². The normalized spacial score (nSPS) is 17.4. The zero-order chi connectivity index (χ0) is 11.6. The van der Waals surface area contributed by atoms with Crippen LogP contribution < -0.4 is 4.74 Å². The lowest BCUT2D eigenvalue weighted by Gasteiger charge is -2.11. The minimum atomic E-state index is -1.37. The zero-order valence-corrected chi connectivity index (χ0v) is 9.26. The molecular formula is C12H15BO3. The van der Waals surface area contributed by atoms with Crippen molar-refractivity contribution in [2.75, 3.05) is 7.11 Å². The molecule has 1 aliphatic rings. The Bertz CT molecular complexity index is 380. The highest BCUT2D eigenvalue weighted by Gasteiger charge is 2.41. The van der Waals surface area contributed by atoms with E-state index < -0.39 is 7.12 Å². The van der Waals surface area contributed by atoms with Gasteiger partial charge in [0.15, 0.2) is 0 Å². The third-order valence-corrected chi connectivity index (χ3v) is 3.04. The third-order valence-electron chi connectivity index (χ3n) is 3.04. The molecule has 0 aliphatic heterocycles. The SMILES string of the molecule is COc1ccc(C2(/C=C/B(O)O)CC2)cc1. The molecule has 84 valence electrons. The zero-order valence-electron chi connectivity index (χ0n) is 9.26. The number of hydrogen-bond donors (Lipinski definition) is 2. The van der Waals surface area contributed by atoms with Crippen LogP contribution in [0.2, 0.25) is 0 Å². The first kappa shape index (κ1) is 11.2. The number of methoxy groups -OCH3 is 1. The Morgan fingerprint density at radius 1 is 1.25 bits per heavy atom. The van der Waals surface area contributed by atoms with Crippen LogP contribution in [0.15, 0.2) is 36.3 Å². The predicted octanol–water partition coefficient (Wildman–Crippen LogP) is 1.29. The highest BCUT2D eigenvalue weighted by atomic mass is 16.5. The van der Waals surface area contributed by atoms with E-state index in [1.807, 2.05) is 30.3 Å². The summed E-state index contributed by atoms with van der Waals surface area (Å²) in [4.78, 5) is 0. The first-order valence-electron chi connectivity index (χ1n) is 5.36. The van der Waals surface area contributed by atoms with Gasteiger partial charge in [-0.2, -0.15) is 0 Å². The van der Waals surface area contributed by atoms with Gasteiger partial charge in [0, 0.05) is 5.41 Å². The van der Waals surface area contributed by atoms with Gasteiger partial charge in [-0.15, -0.1) is 0 Å². The van der Waals surface area contributed by atoms with E-state index in [2.05, 4.69) is 0 Å². The summed E-state index contributed by atoms with van der Waals surface area (Å²) in [6.45, 7) is 0. The predicted molar refractivity (Wildman–Crippen MR) is 63.2 cm³/mol. The second-order valence-corrected chi connectivity index (χ2v) is 4.16. The maximum Gasteiger partial charge on any atom is 0.480 e. The van der Waals surface area contributed by atoms with Crippen LogP contribution in [0.25, 0.3) is 0 Å². The minimum absolute atomic E-state index is 0.00990. The van der Waals surface area contributed by atoms with Crippen molar-refractivity contribution in [3.8, 4) is 5.75 Å². The lowest BCUT2D eigenvalue weighted by Crippen LogP contribution is -2.09. The van der Waals surface area contributed by atoms with E-state index in [4.69, 9.17) is 14.8 Å². The molecule has 1 fully saturated rings. The van der Waals surface area contributed by atoms with Gasteiger partial charge in [-0.25, -0.2) is 0 Å². The number of rotatable bonds is 4. The van der Waals surface area contributed by atoms with Crippen LogP contribution >= 0.6 is 0 Å². The summed E-state index contributed by atoms with van der Waals surface area (Å²) in [5, 5.41) is 17.6. The molecule has 1 aromatic carbocycles. The monoisotopic (exact) mass is 218 g/mol. The molecule has 0 unspecified atom stereocenters. The van der Waals surface area contributed by atoms with Crippen molar-refractivity contribution < 1.29 is 14.8 Å². The molecule has 1 saturated carbocycles. The standard InChI is InChI=1S/C12H15BO3/c1-16-11-4-2-10(3-5-11)12(6-7-12)8-9-13(14)15/h2-5,8-9,14-15H,6-7H2,1H3/b9-8+. The molecule has 2 rings (SSSR count). The Kier molecular flexibility index (Phi) is 3.03. The van der Waals surface area contributed by atoms with Gasteiger partial charge in [0.05, 0.1) is 7.11 Å². The Hall–Kier alpha value is -1.26. The van der Waals surface area contributed by atoms with Gasteiger partial charge in [-0.1, -0.05) is 24.2 Å². The molecule has 2 N–H and O–H groups in total. The average Bonchev–Trinajstić information content (AvgIpc) is 3.08. The topological polar surface area (TPSA) is 49.7 Å². The van der Waals surface area contributed by atoms with Crippen LogP contribution in [-0.4, -0.2) is 24.3 Å². The second-order valence-electron chi connectivity index (χ2n) is 4.16. The molecule has 0 spiro atoms. The van der Waals surface area contributed by atoms with E-state index >= 15 is 0 Å². The van der Waals surface area contributed by atoms with Gasteiger partial charge in [-0.05, 0) is 30.5 Å². The first-order valence-corrected chi connectivity index (χ1v) is 5.36. The molecule has 0 heterocycles. The molecule has 16 heavy (non-hydrogen) atoms. The van der Waals surface area contributed by atoms with Crippen molar-refractivity contribution in [1.82, 2.24) is 0 Å². The van der Waals surface area contributed by atoms with Crippen molar-refractivity contribution in [3.63, 3.8) is 0 Å². The molecule has 0 atom stereocenters. The molecular weight excluding hydrogens is 203 g/mol. The maximum absolute atomic E-state index is 8.82. The van der Waals surface area contributed by atoms with Crippen LogP contribution in [0, 0.1) is 0 Å². The molecule has 0 saturated heterocycles. The van der Waals surface area contributed by atoms with Crippen LogP contribution in [0.5, 0.6) is 5.75 Å². The van der Waals surface area contributed by atoms with Gasteiger partial charge in [0.25, 0.3) is 0 Å². The fraction of sp³-hybridized carbons (Fsp3) is 0.333. The third kappa shape index (κ3) is 2.28. The summed E-state index contributed by atoms with van der Waals surface area (Å²) in [6, 6.07) is 7.91. The Morgan fingerprint density at radius 2 is 1.88 bits per heavy atom. The van der Waals surface area contributed by atoms with E-state index in [-0.39, 0.29) is 5.41 Å². The summed E-state index contributed by atoms with van der Waals surface area (Å²) in [5.41, 5.74) is 1.21. The van der Waals surface area contributed by atoms with E-state index in [9.17, 15) is 0 Å².